The minimum absolute atomic E-state index is 0.0640. The zero-order chi connectivity index (χ0) is 17.1. The quantitative estimate of drug-likeness (QED) is 0.359. The first-order chi connectivity index (χ1) is 10.9. The molecule has 0 amide bonds. The Morgan fingerprint density at radius 3 is 2.26 bits per heavy atom. The summed E-state index contributed by atoms with van der Waals surface area (Å²) in [4.78, 5) is 3.95. The van der Waals surface area contributed by atoms with E-state index >= 15 is 0 Å². The van der Waals surface area contributed by atoms with E-state index < -0.39 is 10.1 Å². The highest BCUT2D eigenvalue weighted by molar-refractivity contribution is 7.86. The van der Waals surface area contributed by atoms with Crippen LogP contribution in [-0.4, -0.2) is 30.8 Å². The zero-order valence-electron chi connectivity index (χ0n) is 13.7. The lowest BCUT2D eigenvalue weighted by molar-refractivity contribution is 0.472. The normalized spacial score (nSPS) is 12.1. The molecule has 0 aliphatic rings. The van der Waals surface area contributed by atoms with Crippen molar-refractivity contribution in [1.29, 1.82) is 0 Å². The number of unbranched alkanes of at least 4 members (excludes halogenated alkanes) is 7. The highest BCUT2D eigenvalue weighted by Gasteiger charge is 2.14. The van der Waals surface area contributed by atoms with E-state index in [9.17, 15) is 13.5 Å². The molecule has 130 valence electrons. The molecule has 0 spiro atoms. The largest absolute Gasteiger partial charge is 0.508 e. The summed E-state index contributed by atoms with van der Waals surface area (Å²) in [6.07, 6.45) is 11.1. The standard InChI is InChI=1S/C17H27NO4S/c1-2-3-4-5-6-7-8-9-12-18-14-15-13-16(19)10-11-17(15)23(20,21)22/h10-11,13-14,19H,2-9,12H2,1H3,(H,20,21,22). The molecule has 0 unspecified atom stereocenters. The van der Waals surface area contributed by atoms with Crippen LogP contribution in [0.1, 0.15) is 63.9 Å². The minimum Gasteiger partial charge on any atom is -0.508 e. The number of aromatic hydroxyl groups is 1. The van der Waals surface area contributed by atoms with E-state index in [1.54, 1.807) is 0 Å². The molecule has 0 aliphatic heterocycles. The molecule has 0 atom stereocenters. The smallest absolute Gasteiger partial charge is 0.295 e. The van der Waals surface area contributed by atoms with Crippen molar-refractivity contribution in [3.8, 4) is 5.75 Å². The van der Waals surface area contributed by atoms with Crippen molar-refractivity contribution in [3.05, 3.63) is 23.8 Å². The number of phenols is 1. The van der Waals surface area contributed by atoms with Crippen molar-refractivity contribution in [2.75, 3.05) is 6.54 Å². The van der Waals surface area contributed by atoms with Crippen LogP contribution in [-0.2, 0) is 10.1 Å². The van der Waals surface area contributed by atoms with E-state index in [4.69, 9.17) is 4.55 Å². The molecule has 0 aliphatic carbocycles. The highest BCUT2D eigenvalue weighted by atomic mass is 32.2. The monoisotopic (exact) mass is 341 g/mol. The Morgan fingerprint density at radius 1 is 1.04 bits per heavy atom. The average molecular weight is 341 g/mol. The Hall–Kier alpha value is -1.40. The summed E-state index contributed by atoms with van der Waals surface area (Å²) in [5.41, 5.74) is 0.201. The van der Waals surface area contributed by atoms with E-state index in [0.717, 1.165) is 12.8 Å². The number of phenolic OH excluding ortho intramolecular Hbond substituents is 1. The maximum Gasteiger partial charge on any atom is 0.295 e. The molecular formula is C17H27NO4S. The van der Waals surface area contributed by atoms with Gasteiger partial charge in [-0.25, -0.2) is 0 Å². The van der Waals surface area contributed by atoms with Gasteiger partial charge in [0.1, 0.15) is 10.6 Å². The maximum absolute atomic E-state index is 11.3. The fourth-order valence-electron chi connectivity index (χ4n) is 2.37. The zero-order valence-corrected chi connectivity index (χ0v) is 14.6. The summed E-state index contributed by atoms with van der Waals surface area (Å²) in [5.74, 6) is -0.0640. The van der Waals surface area contributed by atoms with E-state index in [0.29, 0.717) is 6.54 Å². The van der Waals surface area contributed by atoms with E-state index in [1.165, 1.54) is 62.9 Å². The summed E-state index contributed by atoms with van der Waals surface area (Å²) in [6, 6.07) is 3.67. The Labute approximate surface area is 139 Å². The van der Waals surface area contributed by atoms with Gasteiger partial charge in [0, 0.05) is 18.3 Å². The van der Waals surface area contributed by atoms with Gasteiger partial charge in [-0.2, -0.15) is 8.42 Å². The SMILES string of the molecule is CCCCCCCCCCN=Cc1cc(O)ccc1S(=O)(=O)O. The lowest BCUT2D eigenvalue weighted by Gasteiger charge is -2.03. The Morgan fingerprint density at radius 2 is 1.65 bits per heavy atom. The fraction of sp³-hybridized carbons (Fsp3) is 0.588. The summed E-state index contributed by atoms with van der Waals surface area (Å²) in [6.45, 7) is 2.81. The number of rotatable bonds is 11. The Bertz CT molecular complexity index is 597. The summed E-state index contributed by atoms with van der Waals surface area (Å²) < 4.78 is 31.7. The molecule has 0 aromatic heterocycles. The first kappa shape index (κ1) is 19.6. The number of nitrogens with zero attached hydrogens (tertiary/aromatic N) is 1. The molecule has 0 radical (unpaired) electrons. The molecule has 6 heteroatoms. The number of hydrogen-bond acceptors (Lipinski definition) is 4. The fourth-order valence-corrected chi connectivity index (χ4v) is 3.02. The molecule has 0 heterocycles. The van der Waals surface area contributed by atoms with Crippen molar-refractivity contribution in [3.63, 3.8) is 0 Å². The van der Waals surface area contributed by atoms with E-state index in [2.05, 4.69) is 11.9 Å². The summed E-state index contributed by atoms with van der Waals surface area (Å²) in [7, 11) is -4.32. The van der Waals surface area contributed by atoms with Crippen molar-refractivity contribution in [2.45, 2.75) is 63.2 Å². The predicted molar refractivity (Wildman–Crippen MR) is 93.0 cm³/mol. The third-order valence-electron chi connectivity index (χ3n) is 3.64. The van der Waals surface area contributed by atoms with Crippen LogP contribution in [0.2, 0.25) is 0 Å². The third kappa shape index (κ3) is 8.13. The van der Waals surface area contributed by atoms with E-state index in [-0.39, 0.29) is 16.2 Å². The van der Waals surface area contributed by atoms with Gasteiger partial charge in [0.15, 0.2) is 0 Å². The molecule has 1 aromatic rings. The van der Waals surface area contributed by atoms with Gasteiger partial charge in [-0.15, -0.1) is 0 Å². The molecule has 1 rings (SSSR count). The van der Waals surface area contributed by atoms with Gasteiger partial charge in [-0.05, 0) is 24.6 Å². The van der Waals surface area contributed by atoms with Crippen LogP contribution in [0.25, 0.3) is 0 Å². The van der Waals surface area contributed by atoms with E-state index in [1.807, 2.05) is 0 Å². The lowest BCUT2D eigenvalue weighted by atomic mass is 10.1. The van der Waals surface area contributed by atoms with Gasteiger partial charge < -0.3 is 5.11 Å². The number of benzene rings is 1. The number of aliphatic imine (C=N–C) groups is 1. The van der Waals surface area contributed by atoms with Crippen LogP contribution in [0.4, 0.5) is 0 Å². The number of hydrogen-bond donors (Lipinski definition) is 2. The first-order valence-electron chi connectivity index (χ1n) is 8.25. The predicted octanol–water partition coefficient (Wildman–Crippen LogP) is 4.20. The third-order valence-corrected chi connectivity index (χ3v) is 4.57. The van der Waals surface area contributed by atoms with Crippen LogP contribution < -0.4 is 0 Å². The molecular weight excluding hydrogens is 314 g/mol. The molecule has 0 saturated heterocycles. The molecule has 0 fully saturated rings. The van der Waals surface area contributed by atoms with Gasteiger partial charge in [0.25, 0.3) is 10.1 Å². The lowest BCUT2D eigenvalue weighted by Crippen LogP contribution is -2.02. The molecule has 0 bridgehead atoms. The molecule has 23 heavy (non-hydrogen) atoms. The second-order valence-electron chi connectivity index (χ2n) is 5.71. The second kappa shape index (κ2) is 10.4. The molecule has 5 nitrogen and oxygen atoms in total. The van der Waals surface area contributed by atoms with Gasteiger partial charge in [0.2, 0.25) is 0 Å². The van der Waals surface area contributed by atoms with Crippen molar-refractivity contribution < 1.29 is 18.1 Å². The molecule has 1 aromatic carbocycles. The van der Waals surface area contributed by atoms with Crippen molar-refractivity contribution >= 4 is 16.3 Å². The van der Waals surface area contributed by atoms with Gasteiger partial charge in [0.05, 0.1) is 0 Å². The maximum atomic E-state index is 11.3. The average Bonchev–Trinajstić information content (AvgIpc) is 2.48. The van der Waals surface area contributed by atoms with Gasteiger partial charge in [-0.1, -0.05) is 51.9 Å². The van der Waals surface area contributed by atoms with Crippen LogP contribution in [0.3, 0.4) is 0 Å². The van der Waals surface area contributed by atoms with Crippen LogP contribution >= 0.6 is 0 Å². The van der Waals surface area contributed by atoms with Gasteiger partial charge in [-0.3, -0.25) is 9.55 Å². The highest BCUT2D eigenvalue weighted by Crippen LogP contribution is 2.19. The molecule has 0 saturated carbocycles. The second-order valence-corrected chi connectivity index (χ2v) is 7.10. The van der Waals surface area contributed by atoms with Crippen LogP contribution in [0.5, 0.6) is 5.75 Å². The topological polar surface area (TPSA) is 87.0 Å². The van der Waals surface area contributed by atoms with Crippen molar-refractivity contribution in [2.24, 2.45) is 4.99 Å². The Kier molecular flexibility index (Phi) is 8.87. The summed E-state index contributed by atoms with van der Waals surface area (Å²) in [5, 5.41) is 9.43. The summed E-state index contributed by atoms with van der Waals surface area (Å²) >= 11 is 0. The Balaban J connectivity index is 2.37. The van der Waals surface area contributed by atoms with Crippen molar-refractivity contribution in [1.82, 2.24) is 0 Å². The van der Waals surface area contributed by atoms with Gasteiger partial charge >= 0.3 is 0 Å². The van der Waals surface area contributed by atoms with Crippen LogP contribution in [0.15, 0.2) is 28.1 Å². The van der Waals surface area contributed by atoms with Crippen LogP contribution in [0, 0.1) is 0 Å². The minimum atomic E-state index is -4.32. The molecule has 2 N–H and O–H groups in total. The first-order valence-corrected chi connectivity index (χ1v) is 9.69.